The summed E-state index contributed by atoms with van der Waals surface area (Å²) in [6.07, 6.45) is 1.21. The van der Waals surface area contributed by atoms with Gasteiger partial charge in [0.2, 0.25) is 0 Å². The standard InChI is InChI=1S/C8H21N2Si.CH3.Co/c1-10(2)8-6-7-9-11(3,4)5;;/h6-8H2,1-5H3;1H3;/q2*-1;+3. The van der Waals surface area contributed by atoms with Crippen molar-refractivity contribution in [3.63, 3.8) is 0 Å². The second kappa shape index (κ2) is 9.21. The molecule has 0 spiro atoms. The molecule has 0 aliphatic carbocycles. The van der Waals surface area contributed by atoms with Crippen LogP contribution in [0.1, 0.15) is 6.42 Å². The van der Waals surface area contributed by atoms with Crippen molar-refractivity contribution in [3.05, 3.63) is 12.4 Å². The average molecular weight is 247 g/mol. The van der Waals surface area contributed by atoms with Gasteiger partial charge in [-0.15, -0.1) is 6.54 Å². The summed E-state index contributed by atoms with van der Waals surface area (Å²) < 4.78 is 0. The van der Waals surface area contributed by atoms with Crippen LogP contribution in [0.3, 0.4) is 0 Å². The third-order valence-electron chi connectivity index (χ3n) is 1.35. The maximum atomic E-state index is 4.64. The fraction of sp³-hybridized carbons (Fsp3) is 0.889. The van der Waals surface area contributed by atoms with Crippen LogP contribution in [0.2, 0.25) is 19.6 Å². The zero-order chi connectivity index (χ0) is 8.91. The molecule has 0 atom stereocenters. The molecule has 2 nitrogen and oxygen atoms in total. The van der Waals surface area contributed by atoms with Gasteiger partial charge < -0.3 is 17.3 Å². The second-order valence-corrected chi connectivity index (χ2v) is 8.87. The van der Waals surface area contributed by atoms with Crippen LogP contribution in [0.4, 0.5) is 0 Å². The van der Waals surface area contributed by atoms with Gasteiger partial charge in [0, 0.05) is 0 Å². The van der Waals surface area contributed by atoms with Crippen LogP contribution < -0.4 is 0 Å². The van der Waals surface area contributed by atoms with Crippen molar-refractivity contribution < 1.29 is 16.8 Å². The first-order valence-electron chi connectivity index (χ1n) is 4.25. The summed E-state index contributed by atoms with van der Waals surface area (Å²) in [5, 5.41) is 0. The Bertz CT molecular complexity index is 102. The van der Waals surface area contributed by atoms with Crippen LogP contribution >= 0.6 is 0 Å². The van der Waals surface area contributed by atoms with E-state index in [0.717, 1.165) is 13.1 Å². The van der Waals surface area contributed by atoms with E-state index in [0.29, 0.717) is 0 Å². The molecule has 0 saturated heterocycles. The largest absolute Gasteiger partial charge is 3.00 e. The van der Waals surface area contributed by atoms with Crippen LogP contribution in [0.5, 0.6) is 0 Å². The van der Waals surface area contributed by atoms with Gasteiger partial charge in [-0.3, -0.25) is 0 Å². The van der Waals surface area contributed by atoms with E-state index in [9.17, 15) is 0 Å². The second-order valence-electron chi connectivity index (χ2n) is 4.21. The normalized spacial score (nSPS) is 10.6. The molecule has 0 aliphatic heterocycles. The molecule has 13 heavy (non-hydrogen) atoms. The first-order chi connectivity index (χ1) is 4.92. The topological polar surface area (TPSA) is 17.3 Å². The van der Waals surface area contributed by atoms with Crippen molar-refractivity contribution in [2.75, 3.05) is 27.2 Å². The molecule has 0 radical (unpaired) electrons. The molecule has 82 valence electrons. The van der Waals surface area contributed by atoms with Gasteiger partial charge in [-0.2, -0.15) is 0 Å². The first kappa shape index (κ1) is 19.3. The number of rotatable bonds is 5. The van der Waals surface area contributed by atoms with Crippen LogP contribution in [0.15, 0.2) is 0 Å². The Morgan fingerprint density at radius 2 is 1.62 bits per heavy atom. The molecule has 0 aromatic heterocycles. The van der Waals surface area contributed by atoms with Crippen LogP contribution in [-0.2, 0) is 16.8 Å². The van der Waals surface area contributed by atoms with E-state index < -0.39 is 8.24 Å². The molecule has 0 N–H and O–H groups in total. The van der Waals surface area contributed by atoms with Crippen molar-refractivity contribution in [1.82, 2.24) is 4.90 Å². The van der Waals surface area contributed by atoms with E-state index in [-0.39, 0.29) is 24.2 Å². The Labute approximate surface area is 95.8 Å². The third kappa shape index (κ3) is 19.2. The SMILES string of the molecule is CN(C)CCC[N-][Si](C)(C)C.[CH3-].[Co+3]. The summed E-state index contributed by atoms with van der Waals surface area (Å²) in [7, 11) is 3.09. The minimum atomic E-state index is -1.12. The van der Waals surface area contributed by atoms with Gasteiger partial charge in [0.05, 0.1) is 0 Å². The minimum Gasteiger partial charge on any atom is -0.665 e. The summed E-state index contributed by atoms with van der Waals surface area (Å²) in [6.45, 7) is 9.05. The monoisotopic (exact) mass is 247 g/mol. The number of nitrogens with zero attached hydrogens (tertiary/aromatic N) is 2. The van der Waals surface area contributed by atoms with Gasteiger partial charge in [0.25, 0.3) is 0 Å². The van der Waals surface area contributed by atoms with E-state index >= 15 is 0 Å². The van der Waals surface area contributed by atoms with Crippen LogP contribution in [0, 0.1) is 7.43 Å². The predicted octanol–water partition coefficient (Wildman–Crippen LogP) is 2.59. The minimum absolute atomic E-state index is 0. The van der Waals surface area contributed by atoms with E-state index in [1.54, 1.807) is 0 Å². The van der Waals surface area contributed by atoms with E-state index in [1.165, 1.54) is 6.42 Å². The Morgan fingerprint density at radius 3 is 1.92 bits per heavy atom. The van der Waals surface area contributed by atoms with Crippen LogP contribution in [-0.4, -0.2) is 40.3 Å². The Hall–Kier alpha value is 0.643. The van der Waals surface area contributed by atoms with Crippen LogP contribution in [0.25, 0.3) is 4.98 Å². The smallest absolute Gasteiger partial charge is 0.665 e. The van der Waals surface area contributed by atoms with Gasteiger partial charge in [-0.05, 0) is 20.6 Å². The molecule has 0 unspecified atom stereocenters. The average Bonchev–Trinajstić information content (AvgIpc) is 1.78. The zero-order valence-corrected chi connectivity index (χ0v) is 11.9. The third-order valence-corrected chi connectivity index (χ3v) is 2.52. The maximum absolute atomic E-state index is 4.64. The van der Waals surface area contributed by atoms with Gasteiger partial charge in [0.15, 0.2) is 0 Å². The molecular weight excluding hydrogens is 223 g/mol. The van der Waals surface area contributed by atoms with Crippen molar-refractivity contribution >= 4 is 8.24 Å². The Kier molecular flexibility index (Phi) is 13.6. The zero-order valence-electron chi connectivity index (χ0n) is 9.85. The quantitative estimate of drug-likeness (QED) is 0.415. The Morgan fingerprint density at radius 1 is 1.15 bits per heavy atom. The van der Waals surface area contributed by atoms with Crippen molar-refractivity contribution in [2.24, 2.45) is 0 Å². The van der Waals surface area contributed by atoms with Gasteiger partial charge in [-0.1, -0.05) is 34.3 Å². The summed E-state index contributed by atoms with van der Waals surface area (Å²) >= 11 is 0. The predicted molar refractivity (Wildman–Crippen MR) is 61.2 cm³/mol. The molecule has 0 fully saturated rings. The molecule has 0 rings (SSSR count). The van der Waals surface area contributed by atoms with Crippen molar-refractivity contribution in [1.29, 1.82) is 0 Å². The molecule has 0 aromatic carbocycles. The summed E-state index contributed by atoms with van der Waals surface area (Å²) in [4.78, 5) is 6.85. The number of hydrogen-bond donors (Lipinski definition) is 0. The van der Waals surface area contributed by atoms with E-state index in [4.69, 9.17) is 0 Å². The maximum Gasteiger partial charge on any atom is 3.00 e. The van der Waals surface area contributed by atoms with Crippen molar-refractivity contribution in [2.45, 2.75) is 26.1 Å². The molecule has 0 bridgehead atoms. The number of hydrogen-bond acceptors (Lipinski definition) is 1. The molecule has 0 heterocycles. The molecule has 0 aliphatic rings. The fourth-order valence-corrected chi connectivity index (χ4v) is 1.63. The molecule has 0 amide bonds. The van der Waals surface area contributed by atoms with Gasteiger partial charge >= 0.3 is 16.8 Å². The fourth-order valence-electron chi connectivity index (χ4n) is 0.801. The summed E-state index contributed by atoms with van der Waals surface area (Å²) in [5.74, 6) is 0. The summed E-state index contributed by atoms with van der Waals surface area (Å²) in [6, 6.07) is 0. The van der Waals surface area contributed by atoms with Gasteiger partial charge in [-0.25, -0.2) is 0 Å². The van der Waals surface area contributed by atoms with Crippen molar-refractivity contribution in [3.8, 4) is 0 Å². The molecule has 4 heteroatoms. The molecule has 0 saturated carbocycles. The van der Waals surface area contributed by atoms with E-state index in [1.807, 2.05) is 0 Å². The Balaban J connectivity index is -0.000000500. The first-order valence-corrected chi connectivity index (χ1v) is 7.70. The molecule has 0 aromatic rings. The van der Waals surface area contributed by atoms with Gasteiger partial charge in [0.1, 0.15) is 0 Å². The van der Waals surface area contributed by atoms with E-state index in [2.05, 4.69) is 43.6 Å². The summed E-state index contributed by atoms with van der Waals surface area (Å²) in [5.41, 5.74) is 0. The molecular formula is C9H24CoN2Si+.